The van der Waals surface area contributed by atoms with Crippen LogP contribution in [0.1, 0.15) is 11.1 Å². The van der Waals surface area contributed by atoms with Crippen molar-refractivity contribution < 1.29 is 19.1 Å². The van der Waals surface area contributed by atoms with Gasteiger partial charge >= 0.3 is 6.03 Å². The highest BCUT2D eigenvalue weighted by molar-refractivity contribution is 6.42. The maximum atomic E-state index is 11.6. The molecule has 140 valence electrons. The lowest BCUT2D eigenvalue weighted by Gasteiger charge is -2.14. The number of amides is 3. The minimum absolute atomic E-state index is 0.114. The number of halogens is 3. The summed E-state index contributed by atoms with van der Waals surface area (Å²) in [4.78, 5) is 22.8. The van der Waals surface area contributed by atoms with Crippen LogP contribution in [-0.2, 0) is 11.4 Å². The number of nitrogens with one attached hydrogen (secondary N) is 2. The molecule has 27 heavy (non-hydrogen) atoms. The van der Waals surface area contributed by atoms with Crippen LogP contribution in [0.25, 0.3) is 6.08 Å². The molecule has 3 rings (SSSR count). The van der Waals surface area contributed by atoms with Crippen molar-refractivity contribution in [2.75, 3.05) is 7.11 Å². The number of ether oxygens (including phenoxy) is 2. The lowest BCUT2D eigenvalue weighted by molar-refractivity contribution is -0.115. The van der Waals surface area contributed by atoms with Gasteiger partial charge in [-0.25, -0.2) is 4.79 Å². The topological polar surface area (TPSA) is 76.7 Å². The van der Waals surface area contributed by atoms with Gasteiger partial charge in [-0.2, -0.15) is 0 Å². The summed E-state index contributed by atoms with van der Waals surface area (Å²) in [6, 6.07) is 7.82. The van der Waals surface area contributed by atoms with Crippen molar-refractivity contribution in [1.82, 2.24) is 10.6 Å². The van der Waals surface area contributed by atoms with E-state index in [0.717, 1.165) is 5.56 Å². The molecule has 2 aromatic carbocycles. The fourth-order valence-electron chi connectivity index (χ4n) is 2.40. The summed E-state index contributed by atoms with van der Waals surface area (Å²) in [5, 5.41) is 5.69. The van der Waals surface area contributed by atoms with E-state index in [1.807, 2.05) is 0 Å². The van der Waals surface area contributed by atoms with Crippen molar-refractivity contribution in [3.63, 3.8) is 0 Å². The molecule has 1 fully saturated rings. The Bertz CT molecular complexity index is 960. The van der Waals surface area contributed by atoms with Gasteiger partial charge in [0.05, 0.1) is 22.2 Å². The average Bonchev–Trinajstić information content (AvgIpc) is 2.93. The highest BCUT2D eigenvalue weighted by Gasteiger charge is 2.23. The number of benzene rings is 2. The third-order valence-corrected chi connectivity index (χ3v) is 4.67. The van der Waals surface area contributed by atoms with E-state index in [0.29, 0.717) is 27.1 Å². The van der Waals surface area contributed by atoms with Gasteiger partial charge in [-0.3, -0.25) is 10.1 Å². The van der Waals surface area contributed by atoms with Crippen molar-refractivity contribution in [3.8, 4) is 11.5 Å². The molecule has 2 aromatic rings. The van der Waals surface area contributed by atoms with Crippen molar-refractivity contribution in [2.24, 2.45) is 0 Å². The van der Waals surface area contributed by atoms with Gasteiger partial charge in [0, 0.05) is 0 Å². The number of rotatable bonds is 5. The van der Waals surface area contributed by atoms with E-state index in [-0.39, 0.29) is 17.3 Å². The molecule has 1 saturated heterocycles. The summed E-state index contributed by atoms with van der Waals surface area (Å²) in [6.07, 6.45) is 1.48. The Morgan fingerprint density at radius 3 is 2.41 bits per heavy atom. The van der Waals surface area contributed by atoms with Crippen LogP contribution in [0.15, 0.2) is 36.0 Å². The third-order valence-electron chi connectivity index (χ3n) is 3.65. The Morgan fingerprint density at radius 1 is 1.00 bits per heavy atom. The van der Waals surface area contributed by atoms with Gasteiger partial charge in [-0.1, -0.05) is 40.9 Å². The molecule has 0 unspecified atom stereocenters. The zero-order chi connectivity index (χ0) is 19.6. The van der Waals surface area contributed by atoms with E-state index < -0.39 is 11.9 Å². The largest absolute Gasteiger partial charge is 0.493 e. The molecular weight excluding hydrogens is 415 g/mol. The predicted molar refractivity (Wildman–Crippen MR) is 103 cm³/mol. The number of hydrogen-bond acceptors (Lipinski definition) is 4. The fraction of sp³-hybridized carbons (Fsp3) is 0.111. The van der Waals surface area contributed by atoms with E-state index >= 15 is 0 Å². The average molecular weight is 428 g/mol. The second-order valence-electron chi connectivity index (χ2n) is 5.54. The first kappa shape index (κ1) is 19.4. The Kier molecular flexibility index (Phi) is 5.79. The summed E-state index contributed by atoms with van der Waals surface area (Å²) < 4.78 is 11.1. The molecule has 0 bridgehead atoms. The van der Waals surface area contributed by atoms with E-state index in [9.17, 15) is 9.59 Å². The standard InChI is InChI=1S/C18H13Cl3N2O4/c1-26-15-7-10(6-14-17(24)23-18(25)22-14)5-13(21)16(15)27-8-9-2-3-11(19)12(20)4-9/h2-7H,8H2,1H3,(H2,22,23,24,25)/b14-6+. The van der Waals surface area contributed by atoms with Crippen molar-refractivity contribution in [2.45, 2.75) is 6.61 Å². The smallest absolute Gasteiger partial charge is 0.326 e. The maximum absolute atomic E-state index is 11.6. The molecule has 3 amide bonds. The fourth-order valence-corrected chi connectivity index (χ4v) is 2.99. The molecule has 6 nitrogen and oxygen atoms in total. The van der Waals surface area contributed by atoms with Crippen LogP contribution in [0.5, 0.6) is 11.5 Å². The highest BCUT2D eigenvalue weighted by Crippen LogP contribution is 2.37. The number of hydrogen-bond donors (Lipinski definition) is 2. The van der Waals surface area contributed by atoms with Crippen LogP contribution in [0.2, 0.25) is 15.1 Å². The van der Waals surface area contributed by atoms with Crippen LogP contribution in [-0.4, -0.2) is 19.0 Å². The normalized spacial score (nSPS) is 14.9. The number of carbonyl (C=O) groups excluding carboxylic acids is 2. The van der Waals surface area contributed by atoms with E-state index in [1.54, 1.807) is 30.3 Å². The molecule has 0 aromatic heterocycles. The van der Waals surface area contributed by atoms with E-state index in [2.05, 4.69) is 10.6 Å². The van der Waals surface area contributed by atoms with Gasteiger partial charge in [0.15, 0.2) is 11.5 Å². The first-order valence-corrected chi connectivity index (χ1v) is 8.79. The van der Waals surface area contributed by atoms with Crippen molar-refractivity contribution in [1.29, 1.82) is 0 Å². The van der Waals surface area contributed by atoms with Crippen LogP contribution in [0.4, 0.5) is 4.79 Å². The van der Waals surface area contributed by atoms with Crippen molar-refractivity contribution in [3.05, 3.63) is 62.2 Å². The minimum Gasteiger partial charge on any atom is -0.493 e. The van der Waals surface area contributed by atoms with E-state index in [1.165, 1.54) is 13.2 Å². The summed E-state index contributed by atoms with van der Waals surface area (Å²) in [7, 11) is 1.47. The summed E-state index contributed by atoms with van der Waals surface area (Å²) in [5.41, 5.74) is 1.48. The molecule has 1 aliphatic rings. The lowest BCUT2D eigenvalue weighted by atomic mass is 10.1. The number of carbonyl (C=O) groups is 2. The molecule has 2 N–H and O–H groups in total. The molecule has 9 heteroatoms. The van der Waals surface area contributed by atoms with Crippen LogP contribution < -0.4 is 20.1 Å². The zero-order valence-corrected chi connectivity index (χ0v) is 16.2. The van der Waals surface area contributed by atoms with E-state index in [4.69, 9.17) is 44.3 Å². The summed E-state index contributed by atoms with van der Waals surface area (Å²) in [6.45, 7) is 0.200. The second-order valence-corrected chi connectivity index (χ2v) is 6.76. The summed E-state index contributed by atoms with van der Waals surface area (Å²) in [5.74, 6) is 0.196. The molecule has 0 saturated carbocycles. The summed E-state index contributed by atoms with van der Waals surface area (Å²) >= 11 is 18.2. The molecule has 0 atom stereocenters. The van der Waals surface area contributed by atoms with Gasteiger partial charge in [-0.05, 0) is 41.5 Å². The van der Waals surface area contributed by atoms with Gasteiger partial charge in [0.1, 0.15) is 12.3 Å². The monoisotopic (exact) mass is 426 g/mol. The molecule has 1 heterocycles. The maximum Gasteiger partial charge on any atom is 0.326 e. The quantitative estimate of drug-likeness (QED) is 0.547. The van der Waals surface area contributed by atoms with Crippen LogP contribution in [0, 0.1) is 0 Å². The first-order chi connectivity index (χ1) is 12.9. The number of methoxy groups -OCH3 is 1. The highest BCUT2D eigenvalue weighted by atomic mass is 35.5. The lowest BCUT2D eigenvalue weighted by Crippen LogP contribution is -2.22. The van der Waals surface area contributed by atoms with Gasteiger partial charge in [0.2, 0.25) is 0 Å². The Labute approximate surface area is 170 Å². The zero-order valence-electron chi connectivity index (χ0n) is 13.9. The Morgan fingerprint density at radius 2 is 1.78 bits per heavy atom. The molecule has 0 radical (unpaired) electrons. The van der Waals surface area contributed by atoms with Crippen molar-refractivity contribution >= 4 is 52.8 Å². The van der Waals surface area contributed by atoms with Gasteiger partial charge < -0.3 is 14.8 Å². The van der Waals surface area contributed by atoms with Crippen LogP contribution >= 0.6 is 34.8 Å². The molecular formula is C18H13Cl3N2O4. The SMILES string of the molecule is COc1cc(/C=C2/NC(=O)NC2=O)cc(Cl)c1OCc1ccc(Cl)c(Cl)c1. The predicted octanol–water partition coefficient (Wildman–Crippen LogP) is 4.41. The minimum atomic E-state index is -0.578. The molecule has 1 aliphatic heterocycles. The van der Waals surface area contributed by atoms with Gasteiger partial charge in [0.25, 0.3) is 5.91 Å². The molecule has 0 spiro atoms. The van der Waals surface area contributed by atoms with Crippen LogP contribution in [0.3, 0.4) is 0 Å². The Balaban J connectivity index is 1.84. The van der Waals surface area contributed by atoms with Gasteiger partial charge in [-0.15, -0.1) is 0 Å². The number of imide groups is 1. The third kappa shape index (κ3) is 4.47. The molecule has 0 aliphatic carbocycles. The second kappa shape index (κ2) is 8.08. The number of urea groups is 1. The first-order valence-electron chi connectivity index (χ1n) is 7.65. The Hall–Kier alpha value is -2.41.